The van der Waals surface area contributed by atoms with Crippen LogP contribution in [-0.4, -0.2) is 31.4 Å². The molecule has 0 heterocycles. The van der Waals surface area contributed by atoms with E-state index in [0.717, 1.165) is 0 Å². The van der Waals surface area contributed by atoms with E-state index in [0.29, 0.717) is 5.92 Å². The lowest BCUT2D eigenvalue weighted by atomic mass is 9.64. The van der Waals surface area contributed by atoms with Crippen LogP contribution in [0.5, 0.6) is 0 Å². The Balaban J connectivity index is 3.41. The van der Waals surface area contributed by atoms with Crippen LogP contribution >= 0.6 is 0 Å². The molecule has 0 atom stereocenters. The van der Waals surface area contributed by atoms with Gasteiger partial charge in [-0.2, -0.15) is 0 Å². The molecule has 4 heteroatoms. The maximum Gasteiger partial charge on any atom is 0.138 e. The molecule has 0 aromatic heterocycles. The minimum Gasteiger partial charge on any atom is -0.102 e. The Bertz CT molecular complexity index is 331. The molecule has 0 amide bonds. The fourth-order valence-electron chi connectivity index (χ4n) is 1.84. The van der Waals surface area contributed by atoms with Gasteiger partial charge in [0.1, 0.15) is 31.4 Å². The summed E-state index contributed by atoms with van der Waals surface area (Å²) in [6, 6.07) is 2.34. The van der Waals surface area contributed by atoms with Crippen molar-refractivity contribution in [1.82, 2.24) is 0 Å². The van der Waals surface area contributed by atoms with E-state index < -0.39 is 0 Å². The summed E-state index contributed by atoms with van der Waals surface area (Å²) in [5.41, 5.74) is 7.30. The summed E-state index contributed by atoms with van der Waals surface area (Å²) in [5, 5.41) is 0. The highest BCUT2D eigenvalue weighted by Crippen LogP contribution is 2.07. The summed E-state index contributed by atoms with van der Waals surface area (Å²) in [6.07, 6.45) is 0. The zero-order valence-electron chi connectivity index (χ0n) is 9.65. The maximum absolute atomic E-state index is 2.34. The largest absolute Gasteiger partial charge is 0.138 e. The van der Waals surface area contributed by atoms with Crippen molar-refractivity contribution in [3.05, 3.63) is 11.6 Å². The molecule has 0 aliphatic carbocycles. The van der Waals surface area contributed by atoms with Crippen LogP contribution in [0.2, 0.25) is 0 Å². The van der Waals surface area contributed by atoms with Gasteiger partial charge in [0.25, 0.3) is 0 Å². The van der Waals surface area contributed by atoms with Gasteiger partial charge in [-0.05, 0) is 5.92 Å². The molecule has 0 nitrogen and oxygen atoms in total. The molecule has 0 saturated heterocycles. The fourth-order valence-corrected chi connectivity index (χ4v) is 1.84. The Morgan fingerprint density at radius 1 is 0.923 bits per heavy atom. The minimum absolute atomic E-state index is 0.637. The average Bonchev–Trinajstić information content (AvgIpc) is 2.07. The van der Waals surface area contributed by atoms with E-state index in [-0.39, 0.29) is 0 Å². The van der Waals surface area contributed by atoms with Gasteiger partial charge in [-0.25, -0.2) is 0 Å². The van der Waals surface area contributed by atoms with Crippen molar-refractivity contribution in [2.24, 2.45) is 0 Å². The first-order valence-corrected chi connectivity index (χ1v) is 5.02. The SMILES string of the molecule is Bc1cc(C(C)C)c(B)c(B)c1B. The predicted octanol–water partition coefficient (Wildman–Crippen LogP) is -4.16. The lowest BCUT2D eigenvalue weighted by molar-refractivity contribution is 0.875. The van der Waals surface area contributed by atoms with Crippen LogP contribution in [0.3, 0.4) is 0 Å². The van der Waals surface area contributed by atoms with E-state index in [1.54, 1.807) is 0 Å². The highest BCUT2D eigenvalue weighted by Gasteiger charge is 2.08. The van der Waals surface area contributed by atoms with Gasteiger partial charge in [-0.1, -0.05) is 36.4 Å². The molecule has 1 rings (SSSR count). The molecule has 0 saturated carbocycles. The minimum atomic E-state index is 0.637. The summed E-state index contributed by atoms with van der Waals surface area (Å²) in [6.45, 7) is 4.52. The van der Waals surface area contributed by atoms with Crippen LogP contribution in [0.4, 0.5) is 0 Å². The number of rotatable bonds is 1. The normalized spacial score (nSPS) is 10.7. The number of benzene rings is 1. The van der Waals surface area contributed by atoms with E-state index in [1.807, 2.05) is 0 Å². The summed E-state index contributed by atoms with van der Waals surface area (Å²) >= 11 is 0. The third-order valence-corrected chi connectivity index (χ3v) is 3.14. The van der Waals surface area contributed by atoms with Gasteiger partial charge in [0.05, 0.1) is 0 Å². The summed E-state index contributed by atoms with van der Waals surface area (Å²) < 4.78 is 0. The smallest absolute Gasteiger partial charge is 0.102 e. The number of hydrogen-bond acceptors (Lipinski definition) is 0. The van der Waals surface area contributed by atoms with Gasteiger partial charge in [-0.3, -0.25) is 0 Å². The fraction of sp³-hybridized carbons (Fsp3) is 0.333. The molecule has 0 spiro atoms. The second kappa shape index (κ2) is 3.69. The molecule has 1 aromatic carbocycles. The van der Waals surface area contributed by atoms with E-state index in [4.69, 9.17) is 0 Å². The molecule has 0 aliphatic heterocycles. The molecule has 0 bridgehead atoms. The second-order valence-electron chi connectivity index (χ2n) is 4.31. The Morgan fingerprint density at radius 2 is 1.46 bits per heavy atom. The van der Waals surface area contributed by atoms with Crippen molar-refractivity contribution in [3.8, 4) is 0 Å². The molecular weight excluding hydrogens is 151 g/mol. The Hall–Kier alpha value is -0.520. The van der Waals surface area contributed by atoms with E-state index in [9.17, 15) is 0 Å². The zero-order chi connectivity index (χ0) is 10.2. The highest BCUT2D eigenvalue weighted by atomic mass is 14.1. The second-order valence-corrected chi connectivity index (χ2v) is 4.31. The van der Waals surface area contributed by atoms with Crippen molar-refractivity contribution in [2.75, 3.05) is 0 Å². The quantitative estimate of drug-likeness (QED) is 0.373. The van der Waals surface area contributed by atoms with Gasteiger partial charge >= 0.3 is 0 Å². The third kappa shape index (κ3) is 1.87. The molecule has 64 valence electrons. The van der Waals surface area contributed by atoms with Gasteiger partial charge in [0.2, 0.25) is 0 Å². The van der Waals surface area contributed by atoms with Crippen molar-refractivity contribution >= 4 is 53.2 Å². The third-order valence-electron chi connectivity index (χ3n) is 3.14. The summed E-state index contributed by atoms with van der Waals surface area (Å²) in [4.78, 5) is 0. The lowest BCUT2D eigenvalue weighted by Gasteiger charge is -2.17. The summed E-state index contributed by atoms with van der Waals surface area (Å²) in [5.74, 6) is 0.637. The molecular formula is C9H16B4. The van der Waals surface area contributed by atoms with Crippen LogP contribution in [0.15, 0.2) is 6.07 Å². The van der Waals surface area contributed by atoms with Crippen LogP contribution in [-0.2, 0) is 0 Å². The van der Waals surface area contributed by atoms with Crippen molar-refractivity contribution in [1.29, 1.82) is 0 Å². The average molecular weight is 167 g/mol. The first kappa shape index (κ1) is 10.6. The Labute approximate surface area is 85.1 Å². The Kier molecular flexibility index (Phi) is 3.00. The zero-order valence-corrected chi connectivity index (χ0v) is 9.65. The summed E-state index contributed by atoms with van der Waals surface area (Å²) in [7, 11) is 8.87. The monoisotopic (exact) mass is 168 g/mol. The van der Waals surface area contributed by atoms with Crippen molar-refractivity contribution < 1.29 is 0 Å². The van der Waals surface area contributed by atoms with Crippen LogP contribution < -0.4 is 21.9 Å². The maximum atomic E-state index is 2.34. The highest BCUT2D eigenvalue weighted by molar-refractivity contribution is 6.62. The molecule has 0 unspecified atom stereocenters. The Morgan fingerprint density at radius 3 is 1.92 bits per heavy atom. The van der Waals surface area contributed by atoms with Gasteiger partial charge in [-0.15, -0.1) is 10.9 Å². The topological polar surface area (TPSA) is 0 Å². The van der Waals surface area contributed by atoms with Crippen LogP contribution in [0.1, 0.15) is 25.3 Å². The first-order chi connectivity index (χ1) is 5.95. The molecule has 0 aliphatic rings. The molecule has 0 radical (unpaired) electrons. The van der Waals surface area contributed by atoms with Gasteiger partial charge in [0.15, 0.2) is 0 Å². The number of hydrogen-bond donors (Lipinski definition) is 0. The van der Waals surface area contributed by atoms with Crippen molar-refractivity contribution in [3.63, 3.8) is 0 Å². The van der Waals surface area contributed by atoms with Crippen LogP contribution in [0.25, 0.3) is 0 Å². The first-order valence-electron chi connectivity index (χ1n) is 5.02. The lowest BCUT2D eigenvalue weighted by Crippen LogP contribution is -2.48. The van der Waals surface area contributed by atoms with E-state index >= 15 is 0 Å². The molecule has 0 N–H and O–H groups in total. The van der Waals surface area contributed by atoms with Crippen LogP contribution in [0, 0.1) is 0 Å². The van der Waals surface area contributed by atoms with Crippen molar-refractivity contribution in [2.45, 2.75) is 19.8 Å². The van der Waals surface area contributed by atoms with Gasteiger partial charge < -0.3 is 0 Å². The molecule has 13 heavy (non-hydrogen) atoms. The standard InChI is InChI=1S/C9H16B4/c1-4(2)5-3-6(10)8(12)9(13)7(5)11/h3-4H,10-13H2,1-2H3. The molecule has 0 fully saturated rings. The van der Waals surface area contributed by atoms with E-state index in [1.165, 1.54) is 27.4 Å². The van der Waals surface area contributed by atoms with Gasteiger partial charge in [0, 0.05) is 0 Å². The van der Waals surface area contributed by atoms with E-state index in [2.05, 4.69) is 51.3 Å². The molecule has 1 aromatic rings. The predicted molar refractivity (Wildman–Crippen MR) is 73.2 cm³/mol.